The molecule has 9 aromatic rings. The molecule has 2 N–H and O–H groups in total. The van der Waals surface area contributed by atoms with Gasteiger partial charge in [0, 0.05) is 18.5 Å². The zero-order chi connectivity index (χ0) is 50.8. The second-order valence-electron chi connectivity index (χ2n) is 18.5. The van der Waals surface area contributed by atoms with Crippen LogP contribution in [0.4, 0.5) is 10.3 Å². The van der Waals surface area contributed by atoms with Crippen LogP contribution in [0.15, 0.2) is 151 Å². The van der Waals surface area contributed by atoms with Crippen LogP contribution in [-0.4, -0.2) is 55.9 Å². The van der Waals surface area contributed by atoms with Crippen molar-refractivity contribution in [3.63, 3.8) is 0 Å². The van der Waals surface area contributed by atoms with Crippen molar-refractivity contribution < 1.29 is 33.2 Å². The number of para-hydroxylation sites is 1. The van der Waals surface area contributed by atoms with E-state index < -0.39 is 0 Å². The molecule has 0 spiro atoms. The smallest absolute Gasteiger partial charge is 0.207 e. The number of benzene rings is 7. The highest BCUT2D eigenvalue weighted by Gasteiger charge is 2.22. The molecule has 0 radical (unpaired) electrons. The predicted octanol–water partition coefficient (Wildman–Crippen LogP) is 13.8. The van der Waals surface area contributed by atoms with Gasteiger partial charge >= 0.3 is 0 Å². The minimum absolute atomic E-state index is 0.0543. The predicted molar refractivity (Wildman–Crippen MR) is 300 cm³/mol. The summed E-state index contributed by atoms with van der Waals surface area (Å²) < 4.78 is 43.5. The van der Waals surface area contributed by atoms with E-state index in [-0.39, 0.29) is 6.29 Å². The normalized spacial score (nSPS) is 13.3. The summed E-state index contributed by atoms with van der Waals surface area (Å²) in [7, 11) is 1.68. The van der Waals surface area contributed by atoms with Gasteiger partial charge in [0.1, 0.15) is 37.1 Å². The first-order chi connectivity index (χ1) is 36.2. The monoisotopic (exact) mass is 1030 g/mol. The van der Waals surface area contributed by atoms with E-state index in [1.165, 1.54) is 17.6 Å². The highest BCUT2D eigenvalue weighted by atomic mass is 32.1. The molecule has 14 heteroatoms. The fourth-order valence-corrected chi connectivity index (χ4v) is 10.3. The summed E-state index contributed by atoms with van der Waals surface area (Å²) in [5, 5.41) is 10.7. The molecule has 7 aromatic carbocycles. The van der Waals surface area contributed by atoms with Gasteiger partial charge in [-0.2, -0.15) is 5.10 Å². The highest BCUT2D eigenvalue weighted by Crippen LogP contribution is 2.38. The van der Waals surface area contributed by atoms with Crippen LogP contribution < -0.4 is 34.4 Å². The number of rotatable bonds is 25. The van der Waals surface area contributed by atoms with Gasteiger partial charge in [-0.05, 0) is 154 Å². The molecule has 1 unspecified atom stereocenters. The number of ether oxygens (including phenoxy) is 7. The lowest BCUT2D eigenvalue weighted by molar-refractivity contribution is 0.0435. The second-order valence-corrected chi connectivity index (χ2v) is 20.5. The van der Waals surface area contributed by atoms with Crippen LogP contribution in [0.3, 0.4) is 0 Å². The molecule has 1 atom stereocenters. The van der Waals surface area contributed by atoms with E-state index in [1.54, 1.807) is 18.4 Å². The number of hydrogen-bond acceptors (Lipinski definition) is 14. The third kappa shape index (κ3) is 12.8. The summed E-state index contributed by atoms with van der Waals surface area (Å²) in [6.07, 6.45) is 6.57. The van der Waals surface area contributed by atoms with E-state index in [0.29, 0.717) is 55.6 Å². The Balaban J connectivity index is 0.857. The molecular weight excluding hydrogens is 967 g/mol. The van der Waals surface area contributed by atoms with E-state index in [1.807, 2.05) is 78.0 Å². The summed E-state index contributed by atoms with van der Waals surface area (Å²) in [5.74, 6) is 4.10. The molecule has 378 valence electrons. The number of hydrazone groups is 1. The molecule has 1 saturated heterocycles. The first-order valence-corrected chi connectivity index (χ1v) is 26.5. The van der Waals surface area contributed by atoms with Crippen molar-refractivity contribution >= 4 is 70.4 Å². The van der Waals surface area contributed by atoms with Crippen molar-refractivity contribution in [3.8, 4) is 39.9 Å². The Labute approximate surface area is 439 Å². The minimum atomic E-state index is -0.0543. The lowest BCUT2D eigenvalue weighted by Gasteiger charge is -2.18. The SMILES string of the molecule is C=COc1ccc(COc2ccc(CCc3ccc(OCc4cc(-c5ccc6nc(N)sc6c5)c5cc(OCCCOC6CO6)ccc5c4)c(OC)c3)cc2/C=N/N(CCC(C)C)c2nc3ccccc3s2)cc1. The molecule has 1 aliphatic heterocycles. The van der Waals surface area contributed by atoms with E-state index in [4.69, 9.17) is 49.0 Å². The topological polar surface area (TPSA) is 135 Å². The van der Waals surface area contributed by atoms with Crippen LogP contribution in [0.1, 0.15) is 54.5 Å². The molecule has 0 bridgehead atoms. The highest BCUT2D eigenvalue weighted by molar-refractivity contribution is 7.22. The molecular formula is C60H59N5O7S2. The zero-order valence-electron chi connectivity index (χ0n) is 41.8. The molecule has 74 heavy (non-hydrogen) atoms. The Hall–Kier alpha value is -7.49. The molecule has 0 amide bonds. The van der Waals surface area contributed by atoms with Gasteiger partial charge in [0.2, 0.25) is 5.13 Å². The summed E-state index contributed by atoms with van der Waals surface area (Å²) in [4.78, 5) is 9.44. The van der Waals surface area contributed by atoms with E-state index in [9.17, 15) is 0 Å². The standard InChI is InChI=1S/C60H59N5O7S2/c1-5-67-47-19-13-42(14-20-47)36-70-53-23-15-40(29-46(53)35-62-65(26-25-39(2)3)60-64-51-9-6-7-10-56(51)74-60)11-12-41-16-24-54(55(32-41)66-4)71-37-43-30-44-17-21-48(68-27-8-28-69-58-38-72-58)34-50(44)49(31-43)45-18-22-52-57(33-45)73-59(61)63-52/h5-7,9-10,13-24,29-35,39,58H,1,8,11-12,25-28,36-38H2,2-4H3,(H2,61,63)/b62-35+. The first-order valence-electron chi connectivity index (χ1n) is 24.9. The Kier molecular flexibility index (Phi) is 16.0. The third-order valence-electron chi connectivity index (χ3n) is 12.6. The number of methoxy groups -OCH3 is 1. The molecule has 0 aliphatic carbocycles. The fraction of sp³-hybridized carbons (Fsp3) is 0.250. The lowest BCUT2D eigenvalue weighted by atomic mass is 9.95. The summed E-state index contributed by atoms with van der Waals surface area (Å²) >= 11 is 3.13. The van der Waals surface area contributed by atoms with Gasteiger partial charge in [-0.1, -0.05) is 91.6 Å². The third-order valence-corrected chi connectivity index (χ3v) is 14.5. The average molecular weight is 1030 g/mol. The van der Waals surface area contributed by atoms with Crippen molar-refractivity contribution in [1.29, 1.82) is 0 Å². The van der Waals surface area contributed by atoms with Gasteiger partial charge in [0.15, 0.2) is 22.9 Å². The molecule has 1 aliphatic rings. The molecule has 1 fully saturated rings. The van der Waals surface area contributed by atoms with Crippen LogP contribution in [0.5, 0.6) is 28.7 Å². The van der Waals surface area contributed by atoms with Crippen molar-refractivity contribution in [2.24, 2.45) is 11.0 Å². The number of anilines is 2. The molecule has 2 aromatic heterocycles. The van der Waals surface area contributed by atoms with E-state index >= 15 is 0 Å². The number of nitrogens with two attached hydrogens (primary N) is 1. The van der Waals surface area contributed by atoms with E-state index in [2.05, 4.69) is 92.1 Å². The van der Waals surface area contributed by atoms with Crippen molar-refractivity contribution in [3.05, 3.63) is 174 Å². The van der Waals surface area contributed by atoms with E-state index in [0.717, 1.165) is 125 Å². The van der Waals surface area contributed by atoms with Gasteiger partial charge in [0.05, 0.1) is 53.2 Å². The number of aromatic nitrogens is 2. The van der Waals surface area contributed by atoms with Crippen molar-refractivity contribution in [2.45, 2.75) is 59.0 Å². The Morgan fingerprint density at radius 2 is 1.50 bits per heavy atom. The Morgan fingerprint density at radius 1 is 0.743 bits per heavy atom. The van der Waals surface area contributed by atoms with Crippen LogP contribution in [0, 0.1) is 5.92 Å². The molecule has 12 nitrogen and oxygen atoms in total. The summed E-state index contributed by atoms with van der Waals surface area (Å²) in [6.45, 7) is 11.4. The van der Waals surface area contributed by atoms with Gasteiger partial charge in [-0.15, -0.1) is 0 Å². The maximum absolute atomic E-state index is 6.55. The number of hydrogen-bond donors (Lipinski definition) is 1. The molecule has 3 heterocycles. The van der Waals surface area contributed by atoms with Crippen LogP contribution >= 0.6 is 22.7 Å². The quantitative estimate of drug-likeness (QED) is 0.0193. The number of thiazole rings is 2. The maximum atomic E-state index is 6.55. The number of fused-ring (bicyclic) bond motifs is 3. The Morgan fingerprint density at radius 3 is 2.30 bits per heavy atom. The van der Waals surface area contributed by atoms with Gasteiger partial charge in [-0.3, -0.25) is 0 Å². The van der Waals surface area contributed by atoms with Gasteiger partial charge in [0.25, 0.3) is 0 Å². The number of nitrogens with zero attached hydrogens (tertiary/aromatic N) is 4. The maximum Gasteiger partial charge on any atom is 0.207 e. The van der Waals surface area contributed by atoms with Gasteiger partial charge < -0.3 is 38.9 Å². The van der Waals surface area contributed by atoms with Crippen molar-refractivity contribution in [1.82, 2.24) is 9.97 Å². The Bertz CT molecular complexity index is 3370. The van der Waals surface area contributed by atoms with Gasteiger partial charge in [-0.25, -0.2) is 15.0 Å². The van der Waals surface area contributed by atoms with Crippen LogP contribution in [0.25, 0.3) is 42.3 Å². The average Bonchev–Trinajstić information content (AvgIpc) is 4.02. The van der Waals surface area contributed by atoms with Crippen molar-refractivity contribution in [2.75, 3.05) is 44.2 Å². The minimum Gasteiger partial charge on any atom is -0.493 e. The molecule has 0 saturated carbocycles. The largest absolute Gasteiger partial charge is 0.493 e. The lowest BCUT2D eigenvalue weighted by Crippen LogP contribution is -2.19. The molecule has 10 rings (SSSR count). The number of aryl methyl sites for hydroxylation is 2. The number of nitrogen functional groups attached to an aromatic ring is 1. The zero-order valence-corrected chi connectivity index (χ0v) is 43.5. The first kappa shape index (κ1) is 50.1. The second kappa shape index (κ2) is 23.6. The summed E-state index contributed by atoms with van der Waals surface area (Å²) in [6, 6.07) is 45.4. The van der Waals surface area contributed by atoms with Crippen LogP contribution in [0.2, 0.25) is 0 Å². The fourth-order valence-electron chi connectivity index (χ4n) is 8.55. The van der Waals surface area contributed by atoms with Crippen LogP contribution in [-0.2, 0) is 35.5 Å². The summed E-state index contributed by atoms with van der Waals surface area (Å²) in [5.41, 5.74) is 15.3. The number of epoxide rings is 1.